The van der Waals surface area contributed by atoms with Crippen LogP contribution in [-0.2, 0) is 4.79 Å². The number of Topliss-reactive ketones (excluding diaryl/α,β-unsaturated/α-hetero) is 1. The zero-order valence-corrected chi connectivity index (χ0v) is 8.32. The lowest BCUT2D eigenvalue weighted by atomic mass is 10.3. The molecule has 0 saturated carbocycles. The van der Waals surface area contributed by atoms with Crippen molar-refractivity contribution < 1.29 is 4.79 Å². The first-order valence-corrected chi connectivity index (χ1v) is 4.76. The van der Waals surface area contributed by atoms with Gasteiger partial charge in [0.1, 0.15) is 0 Å². The van der Waals surface area contributed by atoms with Crippen molar-refractivity contribution in [2.75, 3.05) is 12.0 Å². The minimum Gasteiger partial charge on any atom is -0.293 e. The molecule has 0 fully saturated rings. The molecule has 9 heavy (non-hydrogen) atoms. The van der Waals surface area contributed by atoms with Gasteiger partial charge in [-0.2, -0.15) is 11.8 Å². The third-order valence-corrected chi connectivity index (χ3v) is 1.93. The topological polar surface area (TPSA) is 29.4 Å². The summed E-state index contributed by atoms with van der Waals surface area (Å²) in [5, 5.41) is 0. The van der Waals surface area contributed by atoms with Gasteiger partial charge in [-0.05, 0) is 6.26 Å². The standard InChI is InChI=1S/C5H8INOS/c1-4(8)5(7-6)3-9-2/h3H2,1-2H3/b7-5-. The van der Waals surface area contributed by atoms with Crippen LogP contribution >= 0.6 is 34.6 Å². The zero-order valence-electron chi connectivity index (χ0n) is 5.35. The van der Waals surface area contributed by atoms with Crippen LogP contribution in [0.3, 0.4) is 0 Å². The van der Waals surface area contributed by atoms with E-state index in [1.807, 2.05) is 29.1 Å². The van der Waals surface area contributed by atoms with Crippen LogP contribution in [0.25, 0.3) is 0 Å². The summed E-state index contributed by atoms with van der Waals surface area (Å²) in [6.07, 6.45) is 1.95. The quantitative estimate of drug-likeness (QED) is 0.569. The Morgan fingerprint density at radius 2 is 2.33 bits per heavy atom. The summed E-state index contributed by atoms with van der Waals surface area (Å²) in [5.74, 6) is 0.789. The van der Waals surface area contributed by atoms with Crippen LogP contribution in [0.4, 0.5) is 0 Å². The van der Waals surface area contributed by atoms with Gasteiger partial charge in [-0.25, -0.2) is 3.21 Å². The van der Waals surface area contributed by atoms with E-state index in [0.717, 1.165) is 5.75 Å². The lowest BCUT2D eigenvalue weighted by molar-refractivity contribution is -0.111. The molecule has 0 atom stereocenters. The molecule has 0 aliphatic carbocycles. The van der Waals surface area contributed by atoms with Gasteiger partial charge in [0, 0.05) is 12.7 Å². The molecule has 0 aromatic carbocycles. The molecule has 0 aliphatic heterocycles. The lowest BCUT2D eigenvalue weighted by Crippen LogP contribution is -2.11. The Morgan fingerprint density at radius 1 is 1.78 bits per heavy atom. The Labute approximate surface area is 73.0 Å². The summed E-state index contributed by atoms with van der Waals surface area (Å²) in [4.78, 5) is 10.6. The van der Waals surface area contributed by atoms with Crippen LogP contribution in [0, 0.1) is 0 Å². The Kier molecular flexibility index (Phi) is 5.47. The summed E-state index contributed by atoms with van der Waals surface area (Å²) >= 11 is 3.45. The van der Waals surface area contributed by atoms with Crippen molar-refractivity contribution >= 4 is 46.1 Å². The van der Waals surface area contributed by atoms with Crippen LogP contribution in [0.5, 0.6) is 0 Å². The molecule has 0 heterocycles. The number of thioether (sulfide) groups is 1. The zero-order chi connectivity index (χ0) is 7.28. The highest BCUT2D eigenvalue weighted by atomic mass is 127. The van der Waals surface area contributed by atoms with Crippen LogP contribution in [0.15, 0.2) is 3.21 Å². The molecular formula is C5H8INOS. The smallest absolute Gasteiger partial charge is 0.175 e. The highest BCUT2D eigenvalue weighted by Crippen LogP contribution is 1.97. The second kappa shape index (κ2) is 5.22. The first-order valence-electron chi connectivity index (χ1n) is 2.40. The fourth-order valence-corrected chi connectivity index (χ4v) is 1.61. The third-order valence-electron chi connectivity index (χ3n) is 0.789. The number of hydrogen-bond donors (Lipinski definition) is 0. The van der Waals surface area contributed by atoms with Crippen LogP contribution in [-0.4, -0.2) is 23.5 Å². The molecule has 0 aromatic heterocycles. The Balaban J connectivity index is 3.85. The summed E-state index contributed by atoms with van der Waals surface area (Å²) < 4.78 is 3.79. The first kappa shape index (κ1) is 9.42. The molecule has 0 saturated heterocycles. The van der Waals surface area contributed by atoms with E-state index >= 15 is 0 Å². The van der Waals surface area contributed by atoms with Gasteiger partial charge in [-0.3, -0.25) is 4.79 Å². The summed E-state index contributed by atoms with van der Waals surface area (Å²) in [6.45, 7) is 1.54. The lowest BCUT2D eigenvalue weighted by Gasteiger charge is -1.93. The normalized spacial score (nSPS) is 11.7. The fraction of sp³-hybridized carbons (Fsp3) is 0.600. The van der Waals surface area contributed by atoms with Crippen molar-refractivity contribution in [1.29, 1.82) is 0 Å². The largest absolute Gasteiger partial charge is 0.293 e. The average Bonchev–Trinajstić information content (AvgIpc) is 1.82. The molecule has 0 aromatic rings. The van der Waals surface area contributed by atoms with Crippen LogP contribution in [0.1, 0.15) is 6.92 Å². The van der Waals surface area contributed by atoms with E-state index in [4.69, 9.17) is 0 Å². The Morgan fingerprint density at radius 3 is 2.44 bits per heavy atom. The predicted octanol–water partition coefficient (Wildman–Crippen LogP) is 1.73. The van der Waals surface area contributed by atoms with Gasteiger partial charge in [0.2, 0.25) is 0 Å². The maximum absolute atomic E-state index is 10.6. The number of carbonyl (C=O) groups is 1. The van der Waals surface area contributed by atoms with Gasteiger partial charge >= 0.3 is 0 Å². The highest BCUT2D eigenvalue weighted by Gasteiger charge is 2.01. The van der Waals surface area contributed by atoms with Crippen LogP contribution < -0.4 is 0 Å². The third kappa shape index (κ3) is 3.91. The number of ketones is 1. The summed E-state index contributed by atoms with van der Waals surface area (Å²) in [7, 11) is 0. The van der Waals surface area contributed by atoms with E-state index in [1.165, 1.54) is 6.92 Å². The van der Waals surface area contributed by atoms with Crippen molar-refractivity contribution in [3.8, 4) is 0 Å². The molecule has 52 valence electrons. The molecule has 0 amide bonds. The van der Waals surface area contributed by atoms with Gasteiger partial charge in [-0.1, -0.05) is 0 Å². The molecule has 0 aliphatic rings. The number of hydrogen-bond acceptors (Lipinski definition) is 3. The minimum atomic E-state index is 0.0683. The van der Waals surface area contributed by atoms with E-state index in [-0.39, 0.29) is 5.78 Å². The van der Waals surface area contributed by atoms with Crippen molar-refractivity contribution in [1.82, 2.24) is 0 Å². The second-order valence-electron chi connectivity index (χ2n) is 1.52. The van der Waals surface area contributed by atoms with Gasteiger partial charge in [-0.15, -0.1) is 0 Å². The molecule has 0 radical (unpaired) electrons. The minimum absolute atomic E-state index is 0.0683. The number of nitrogens with zero attached hydrogens (tertiary/aromatic N) is 1. The van der Waals surface area contributed by atoms with Gasteiger partial charge in [0.15, 0.2) is 5.78 Å². The van der Waals surface area contributed by atoms with Crippen LogP contribution in [0.2, 0.25) is 0 Å². The Hall–Kier alpha value is 0.420. The maximum atomic E-state index is 10.6. The molecule has 0 N–H and O–H groups in total. The monoisotopic (exact) mass is 257 g/mol. The van der Waals surface area contributed by atoms with E-state index in [9.17, 15) is 4.79 Å². The van der Waals surface area contributed by atoms with Gasteiger partial charge in [0.05, 0.1) is 28.6 Å². The fourth-order valence-electron chi connectivity index (χ4n) is 0.322. The summed E-state index contributed by atoms with van der Waals surface area (Å²) in [5.41, 5.74) is 0.656. The van der Waals surface area contributed by atoms with E-state index in [1.54, 1.807) is 11.8 Å². The van der Waals surface area contributed by atoms with Crippen molar-refractivity contribution in [2.24, 2.45) is 3.21 Å². The number of rotatable bonds is 3. The van der Waals surface area contributed by atoms with Gasteiger partial charge < -0.3 is 0 Å². The predicted molar refractivity (Wildman–Crippen MR) is 50.5 cm³/mol. The van der Waals surface area contributed by atoms with Crippen molar-refractivity contribution in [2.45, 2.75) is 6.92 Å². The molecule has 0 spiro atoms. The maximum Gasteiger partial charge on any atom is 0.175 e. The molecule has 0 unspecified atom stereocenters. The second-order valence-corrected chi connectivity index (χ2v) is 2.87. The molecule has 4 heteroatoms. The van der Waals surface area contributed by atoms with Crippen molar-refractivity contribution in [3.05, 3.63) is 0 Å². The Bertz CT molecular complexity index is 135. The number of halogens is 1. The van der Waals surface area contributed by atoms with E-state index in [2.05, 4.69) is 3.21 Å². The molecular weight excluding hydrogens is 249 g/mol. The SMILES string of the molecule is CSC/C(=N/I)C(C)=O. The summed E-state index contributed by atoms with van der Waals surface area (Å²) in [6, 6.07) is 0. The number of carbonyl (C=O) groups excluding carboxylic acids is 1. The van der Waals surface area contributed by atoms with Gasteiger partial charge in [0.25, 0.3) is 0 Å². The highest BCUT2D eigenvalue weighted by molar-refractivity contribution is 14.1. The average molecular weight is 257 g/mol. The first-order chi connectivity index (χ1) is 4.22. The van der Waals surface area contributed by atoms with Crippen molar-refractivity contribution in [3.63, 3.8) is 0 Å². The van der Waals surface area contributed by atoms with E-state index < -0.39 is 0 Å². The molecule has 0 rings (SSSR count). The molecule has 2 nitrogen and oxygen atoms in total. The molecule has 0 bridgehead atoms. The van der Waals surface area contributed by atoms with E-state index in [0.29, 0.717) is 5.71 Å².